The molecule has 0 saturated heterocycles. The summed E-state index contributed by atoms with van der Waals surface area (Å²) in [5, 5.41) is 12.2. The first-order valence-corrected chi connectivity index (χ1v) is 5.43. The lowest BCUT2D eigenvalue weighted by molar-refractivity contribution is 0.102. The van der Waals surface area contributed by atoms with Gasteiger partial charge in [0.05, 0.1) is 0 Å². The summed E-state index contributed by atoms with van der Waals surface area (Å²) in [7, 11) is 0. The maximum absolute atomic E-state index is 12.7. The first kappa shape index (κ1) is 12.1. The number of carbonyl (C=O) groups is 1. The molecule has 2 rings (SSSR count). The second kappa shape index (κ2) is 4.87. The molecule has 0 saturated carbocycles. The van der Waals surface area contributed by atoms with Crippen molar-refractivity contribution in [3.05, 3.63) is 59.4 Å². The standard InChI is InChI=1S/C14H12FNO2/c1-9-12(3-2-4-13(9)17)14(18)16-11-7-5-10(15)6-8-11/h2-8,17H,1H3,(H,16,18). The molecule has 0 aliphatic heterocycles. The van der Waals surface area contributed by atoms with E-state index in [0.29, 0.717) is 16.8 Å². The fourth-order valence-electron chi connectivity index (χ4n) is 1.60. The molecule has 0 aliphatic carbocycles. The van der Waals surface area contributed by atoms with Gasteiger partial charge in [-0.15, -0.1) is 0 Å². The summed E-state index contributed by atoms with van der Waals surface area (Å²) in [5.41, 5.74) is 1.40. The van der Waals surface area contributed by atoms with E-state index in [1.165, 1.54) is 30.3 Å². The van der Waals surface area contributed by atoms with Gasteiger partial charge in [-0.1, -0.05) is 6.07 Å². The molecular weight excluding hydrogens is 233 g/mol. The summed E-state index contributed by atoms with van der Waals surface area (Å²) in [4.78, 5) is 12.0. The maximum atomic E-state index is 12.7. The molecule has 0 heterocycles. The zero-order valence-corrected chi connectivity index (χ0v) is 9.77. The average molecular weight is 245 g/mol. The molecule has 0 spiro atoms. The van der Waals surface area contributed by atoms with E-state index < -0.39 is 0 Å². The van der Waals surface area contributed by atoms with Crippen LogP contribution in [0.3, 0.4) is 0 Å². The third kappa shape index (κ3) is 2.48. The Balaban J connectivity index is 2.22. The number of benzene rings is 2. The van der Waals surface area contributed by atoms with Crippen LogP contribution < -0.4 is 5.32 Å². The van der Waals surface area contributed by atoms with Crippen molar-refractivity contribution in [1.82, 2.24) is 0 Å². The number of hydrogen-bond donors (Lipinski definition) is 2. The summed E-state index contributed by atoms with van der Waals surface area (Å²) in [6.45, 7) is 1.66. The summed E-state index contributed by atoms with van der Waals surface area (Å²) in [6.07, 6.45) is 0. The highest BCUT2D eigenvalue weighted by Gasteiger charge is 2.11. The van der Waals surface area contributed by atoms with Gasteiger partial charge in [-0.05, 0) is 43.3 Å². The van der Waals surface area contributed by atoms with Crippen LogP contribution in [-0.4, -0.2) is 11.0 Å². The van der Waals surface area contributed by atoms with Crippen molar-refractivity contribution >= 4 is 11.6 Å². The van der Waals surface area contributed by atoms with Gasteiger partial charge in [-0.25, -0.2) is 4.39 Å². The molecule has 0 fully saturated rings. The van der Waals surface area contributed by atoms with Crippen molar-refractivity contribution in [2.75, 3.05) is 5.32 Å². The molecular formula is C14H12FNO2. The minimum Gasteiger partial charge on any atom is -0.508 e. The quantitative estimate of drug-likeness (QED) is 0.854. The van der Waals surface area contributed by atoms with E-state index in [2.05, 4.69) is 5.32 Å². The van der Waals surface area contributed by atoms with Crippen molar-refractivity contribution < 1.29 is 14.3 Å². The highest BCUT2D eigenvalue weighted by Crippen LogP contribution is 2.20. The Morgan fingerprint density at radius 3 is 2.50 bits per heavy atom. The topological polar surface area (TPSA) is 49.3 Å². The van der Waals surface area contributed by atoms with Crippen LogP contribution in [0.15, 0.2) is 42.5 Å². The SMILES string of the molecule is Cc1c(O)cccc1C(=O)Nc1ccc(F)cc1. The van der Waals surface area contributed by atoms with Gasteiger partial charge in [-0.2, -0.15) is 0 Å². The van der Waals surface area contributed by atoms with Crippen molar-refractivity contribution in [3.63, 3.8) is 0 Å². The lowest BCUT2D eigenvalue weighted by atomic mass is 10.1. The predicted octanol–water partition coefficient (Wildman–Crippen LogP) is 3.09. The second-order valence-corrected chi connectivity index (χ2v) is 3.91. The Morgan fingerprint density at radius 2 is 1.83 bits per heavy atom. The molecule has 18 heavy (non-hydrogen) atoms. The van der Waals surface area contributed by atoms with Gasteiger partial charge in [-0.3, -0.25) is 4.79 Å². The Labute approximate surface area is 104 Å². The van der Waals surface area contributed by atoms with E-state index in [1.807, 2.05) is 0 Å². The minimum atomic E-state index is -0.360. The van der Waals surface area contributed by atoms with E-state index in [1.54, 1.807) is 19.1 Å². The van der Waals surface area contributed by atoms with Crippen molar-refractivity contribution in [1.29, 1.82) is 0 Å². The van der Waals surface area contributed by atoms with Gasteiger partial charge < -0.3 is 10.4 Å². The van der Waals surface area contributed by atoms with Crippen molar-refractivity contribution in [2.24, 2.45) is 0 Å². The highest BCUT2D eigenvalue weighted by atomic mass is 19.1. The molecule has 1 amide bonds. The second-order valence-electron chi connectivity index (χ2n) is 3.91. The van der Waals surface area contributed by atoms with E-state index in [-0.39, 0.29) is 17.5 Å². The van der Waals surface area contributed by atoms with Gasteiger partial charge in [0.2, 0.25) is 0 Å². The Hall–Kier alpha value is -2.36. The average Bonchev–Trinajstić information content (AvgIpc) is 2.35. The molecule has 2 aromatic carbocycles. The Kier molecular flexibility index (Phi) is 3.28. The number of halogens is 1. The van der Waals surface area contributed by atoms with E-state index >= 15 is 0 Å². The smallest absolute Gasteiger partial charge is 0.256 e. The summed E-state index contributed by atoms with van der Waals surface area (Å²) >= 11 is 0. The maximum Gasteiger partial charge on any atom is 0.256 e. The minimum absolute atomic E-state index is 0.0711. The molecule has 92 valence electrons. The van der Waals surface area contributed by atoms with Gasteiger partial charge in [0.15, 0.2) is 0 Å². The molecule has 0 radical (unpaired) electrons. The molecule has 2 aromatic rings. The third-order valence-electron chi connectivity index (χ3n) is 2.65. The fraction of sp³-hybridized carbons (Fsp3) is 0.0714. The molecule has 0 unspecified atom stereocenters. The molecule has 0 bridgehead atoms. The molecule has 2 N–H and O–H groups in total. The van der Waals surface area contributed by atoms with Gasteiger partial charge in [0.25, 0.3) is 5.91 Å². The first-order chi connectivity index (χ1) is 8.58. The monoisotopic (exact) mass is 245 g/mol. The molecule has 0 aromatic heterocycles. The highest BCUT2D eigenvalue weighted by molar-refractivity contribution is 6.05. The largest absolute Gasteiger partial charge is 0.508 e. The zero-order chi connectivity index (χ0) is 13.1. The van der Waals surface area contributed by atoms with E-state index in [9.17, 15) is 14.3 Å². The lowest BCUT2D eigenvalue weighted by Crippen LogP contribution is -2.13. The van der Waals surface area contributed by atoms with Crippen molar-refractivity contribution in [2.45, 2.75) is 6.92 Å². The van der Waals surface area contributed by atoms with Crippen LogP contribution in [0.25, 0.3) is 0 Å². The van der Waals surface area contributed by atoms with Crippen molar-refractivity contribution in [3.8, 4) is 5.75 Å². The van der Waals surface area contributed by atoms with E-state index in [4.69, 9.17) is 0 Å². The van der Waals surface area contributed by atoms with Crippen LogP contribution in [0, 0.1) is 12.7 Å². The third-order valence-corrected chi connectivity index (χ3v) is 2.65. The summed E-state index contributed by atoms with van der Waals surface area (Å²) in [6, 6.07) is 10.2. The Morgan fingerprint density at radius 1 is 1.17 bits per heavy atom. The number of phenols is 1. The summed E-state index contributed by atoms with van der Waals surface area (Å²) < 4.78 is 12.7. The fourth-order valence-corrected chi connectivity index (χ4v) is 1.60. The lowest BCUT2D eigenvalue weighted by Gasteiger charge is -2.08. The van der Waals surface area contributed by atoms with Crippen LogP contribution >= 0.6 is 0 Å². The van der Waals surface area contributed by atoms with Crippen LogP contribution in [0.1, 0.15) is 15.9 Å². The van der Waals surface area contributed by atoms with Crippen LogP contribution in [0.4, 0.5) is 10.1 Å². The number of aromatic hydroxyl groups is 1. The molecule has 3 nitrogen and oxygen atoms in total. The molecule has 0 aliphatic rings. The number of carbonyl (C=O) groups excluding carboxylic acids is 1. The Bertz CT molecular complexity index is 579. The number of hydrogen-bond acceptors (Lipinski definition) is 2. The number of anilines is 1. The summed E-state index contributed by atoms with van der Waals surface area (Å²) in [5.74, 6) is -0.627. The zero-order valence-electron chi connectivity index (χ0n) is 9.77. The van der Waals surface area contributed by atoms with Crippen LogP contribution in [0.5, 0.6) is 5.75 Å². The number of nitrogens with one attached hydrogen (secondary N) is 1. The number of amides is 1. The van der Waals surface area contributed by atoms with Gasteiger partial charge in [0, 0.05) is 16.8 Å². The van der Waals surface area contributed by atoms with E-state index in [0.717, 1.165) is 0 Å². The van der Waals surface area contributed by atoms with Gasteiger partial charge >= 0.3 is 0 Å². The van der Waals surface area contributed by atoms with Crippen LogP contribution in [0.2, 0.25) is 0 Å². The first-order valence-electron chi connectivity index (χ1n) is 5.43. The number of phenolic OH excluding ortho intramolecular Hbond substituents is 1. The predicted molar refractivity (Wildman–Crippen MR) is 67.2 cm³/mol. The molecule has 0 atom stereocenters. The van der Waals surface area contributed by atoms with Gasteiger partial charge in [0.1, 0.15) is 11.6 Å². The normalized spacial score (nSPS) is 10.1. The van der Waals surface area contributed by atoms with Crippen LogP contribution in [-0.2, 0) is 0 Å². The number of rotatable bonds is 2. The molecule has 4 heteroatoms.